The molecule has 0 aliphatic carbocycles. The summed E-state index contributed by atoms with van der Waals surface area (Å²) >= 11 is 3.46. The van der Waals surface area contributed by atoms with Gasteiger partial charge in [-0.3, -0.25) is 4.79 Å². The number of carbonyl (C=O) groups is 1. The maximum atomic E-state index is 12.4. The third-order valence-corrected chi connectivity index (χ3v) is 3.97. The van der Waals surface area contributed by atoms with Crippen molar-refractivity contribution in [3.8, 4) is 0 Å². The van der Waals surface area contributed by atoms with Crippen LogP contribution in [-0.2, 0) is 4.79 Å². The number of amides is 1. The number of rotatable bonds is 3. The highest BCUT2D eigenvalue weighted by atomic mass is 79.9. The molecule has 0 bridgehead atoms. The van der Waals surface area contributed by atoms with Crippen molar-refractivity contribution in [2.75, 3.05) is 31.6 Å². The smallest absolute Gasteiger partial charge is 0.245 e. The Morgan fingerprint density at radius 3 is 2.89 bits per heavy atom. The van der Waals surface area contributed by atoms with Gasteiger partial charge in [-0.05, 0) is 31.0 Å². The molecule has 0 saturated carbocycles. The molecule has 104 valence electrons. The quantitative estimate of drug-likeness (QED) is 0.922. The van der Waals surface area contributed by atoms with Crippen molar-refractivity contribution >= 4 is 27.5 Å². The van der Waals surface area contributed by atoms with Gasteiger partial charge in [-0.2, -0.15) is 0 Å². The summed E-state index contributed by atoms with van der Waals surface area (Å²) in [6, 6.07) is 7.69. The Labute approximate surface area is 122 Å². The fourth-order valence-corrected chi connectivity index (χ4v) is 2.88. The molecule has 1 N–H and O–H groups in total. The molecule has 1 aliphatic rings. The van der Waals surface area contributed by atoms with Gasteiger partial charge in [-0.25, -0.2) is 0 Å². The van der Waals surface area contributed by atoms with Crippen LogP contribution in [0.1, 0.15) is 12.8 Å². The Bertz CT molecular complexity index is 453. The number of nitrogens with zero attached hydrogens (tertiary/aromatic N) is 2. The zero-order chi connectivity index (χ0) is 13.8. The van der Waals surface area contributed by atoms with Crippen LogP contribution in [0.2, 0.25) is 0 Å². The molecule has 1 amide bonds. The van der Waals surface area contributed by atoms with Crippen LogP contribution in [0, 0.1) is 0 Å². The molecule has 1 unspecified atom stereocenters. The second-order valence-electron chi connectivity index (χ2n) is 4.81. The Hall–Kier alpha value is -1.07. The van der Waals surface area contributed by atoms with Gasteiger partial charge in [0.05, 0.1) is 0 Å². The summed E-state index contributed by atoms with van der Waals surface area (Å²) in [5.41, 5.74) is 1.02. The van der Waals surface area contributed by atoms with Crippen molar-refractivity contribution in [1.29, 1.82) is 0 Å². The van der Waals surface area contributed by atoms with Crippen LogP contribution >= 0.6 is 15.9 Å². The summed E-state index contributed by atoms with van der Waals surface area (Å²) in [6.45, 7) is 1.62. The van der Waals surface area contributed by atoms with Crippen LogP contribution in [0.15, 0.2) is 28.7 Å². The average Bonchev–Trinajstić information content (AvgIpc) is 2.53. The summed E-state index contributed by atoms with van der Waals surface area (Å²) in [4.78, 5) is 16.2. The molecular weight excluding hydrogens is 308 g/mol. The lowest BCUT2D eigenvalue weighted by Gasteiger charge is -2.31. The van der Waals surface area contributed by atoms with E-state index in [2.05, 4.69) is 20.8 Å². The Morgan fingerprint density at radius 1 is 1.42 bits per heavy atom. The highest BCUT2D eigenvalue weighted by Crippen LogP contribution is 2.25. The predicted molar refractivity (Wildman–Crippen MR) is 79.2 cm³/mol. The standard InChI is InChI=1S/C14H19BrN2O2/c1-16-7-3-8-17(13(6-9-18)14(16)19)12-5-2-4-11(15)10-12/h2,4-5,10,13,18H,3,6-9H2,1H3. The van der Waals surface area contributed by atoms with Gasteiger partial charge in [0.15, 0.2) is 0 Å². The fraction of sp³-hybridized carbons (Fsp3) is 0.500. The molecule has 1 fully saturated rings. The highest BCUT2D eigenvalue weighted by Gasteiger charge is 2.30. The van der Waals surface area contributed by atoms with E-state index in [0.717, 1.165) is 29.7 Å². The molecule has 4 nitrogen and oxygen atoms in total. The highest BCUT2D eigenvalue weighted by molar-refractivity contribution is 9.10. The van der Waals surface area contributed by atoms with Crippen LogP contribution < -0.4 is 4.90 Å². The minimum absolute atomic E-state index is 0.0226. The summed E-state index contributed by atoms with van der Waals surface area (Å²) in [5.74, 6) is 0.0894. The van der Waals surface area contributed by atoms with Gasteiger partial charge in [0.25, 0.3) is 0 Å². The largest absolute Gasteiger partial charge is 0.396 e. The summed E-state index contributed by atoms with van der Waals surface area (Å²) in [5, 5.41) is 9.23. The topological polar surface area (TPSA) is 43.8 Å². The van der Waals surface area contributed by atoms with Gasteiger partial charge in [-0.15, -0.1) is 0 Å². The molecule has 0 aromatic heterocycles. The lowest BCUT2D eigenvalue weighted by molar-refractivity contribution is -0.131. The number of benzene rings is 1. The van der Waals surface area contributed by atoms with Gasteiger partial charge >= 0.3 is 0 Å². The van der Waals surface area contributed by atoms with Crippen molar-refractivity contribution in [3.05, 3.63) is 28.7 Å². The monoisotopic (exact) mass is 326 g/mol. The van der Waals surface area contributed by atoms with Gasteiger partial charge in [0.1, 0.15) is 6.04 Å². The number of hydrogen-bond acceptors (Lipinski definition) is 3. The number of hydrogen-bond donors (Lipinski definition) is 1. The molecule has 1 heterocycles. The first-order valence-corrected chi connectivity index (χ1v) is 7.31. The summed E-state index contributed by atoms with van der Waals surface area (Å²) in [7, 11) is 1.83. The number of carbonyl (C=O) groups excluding carboxylic acids is 1. The Balaban J connectivity index is 2.31. The van der Waals surface area contributed by atoms with Crippen LogP contribution in [-0.4, -0.2) is 48.7 Å². The van der Waals surface area contributed by atoms with Crippen molar-refractivity contribution in [1.82, 2.24) is 4.90 Å². The fourth-order valence-electron chi connectivity index (χ4n) is 2.50. The number of likely N-dealkylation sites (N-methyl/N-ethyl adjacent to an activating group) is 1. The maximum Gasteiger partial charge on any atom is 0.245 e. The molecule has 1 atom stereocenters. The van der Waals surface area contributed by atoms with Crippen LogP contribution in [0.4, 0.5) is 5.69 Å². The lowest BCUT2D eigenvalue weighted by Crippen LogP contribution is -2.45. The number of halogens is 1. The number of aliphatic hydroxyl groups is 1. The molecule has 1 aromatic rings. The average molecular weight is 327 g/mol. The molecule has 2 rings (SSSR count). The second kappa shape index (κ2) is 6.39. The van der Waals surface area contributed by atoms with Crippen molar-refractivity contribution in [2.45, 2.75) is 18.9 Å². The molecule has 19 heavy (non-hydrogen) atoms. The minimum Gasteiger partial charge on any atom is -0.396 e. The van der Waals surface area contributed by atoms with Crippen LogP contribution in [0.5, 0.6) is 0 Å². The van der Waals surface area contributed by atoms with E-state index in [0.29, 0.717) is 6.42 Å². The van der Waals surface area contributed by atoms with Gasteiger partial charge < -0.3 is 14.9 Å². The summed E-state index contributed by atoms with van der Waals surface area (Å²) < 4.78 is 0.998. The molecule has 0 radical (unpaired) electrons. The molecule has 1 aromatic carbocycles. The SMILES string of the molecule is CN1CCCN(c2cccc(Br)c2)C(CCO)C1=O. The van der Waals surface area contributed by atoms with Crippen molar-refractivity contribution in [3.63, 3.8) is 0 Å². The maximum absolute atomic E-state index is 12.4. The van der Waals surface area contributed by atoms with Gasteiger partial charge in [-0.1, -0.05) is 22.0 Å². The molecule has 1 aliphatic heterocycles. The Morgan fingerprint density at radius 2 is 2.21 bits per heavy atom. The van der Waals surface area contributed by atoms with Gasteiger partial charge in [0.2, 0.25) is 5.91 Å². The second-order valence-corrected chi connectivity index (χ2v) is 5.73. The van der Waals surface area contributed by atoms with E-state index in [-0.39, 0.29) is 18.6 Å². The molecule has 5 heteroatoms. The predicted octanol–water partition coefficient (Wildman–Crippen LogP) is 1.87. The lowest BCUT2D eigenvalue weighted by atomic mass is 10.1. The van der Waals surface area contributed by atoms with E-state index in [4.69, 9.17) is 0 Å². The third kappa shape index (κ3) is 3.28. The van der Waals surface area contributed by atoms with Crippen LogP contribution in [0.3, 0.4) is 0 Å². The van der Waals surface area contributed by atoms with Crippen LogP contribution in [0.25, 0.3) is 0 Å². The zero-order valence-corrected chi connectivity index (χ0v) is 12.6. The van der Waals surface area contributed by atoms with E-state index in [1.54, 1.807) is 4.90 Å². The third-order valence-electron chi connectivity index (χ3n) is 3.47. The number of anilines is 1. The first-order chi connectivity index (χ1) is 9.13. The normalized spacial score (nSPS) is 20.6. The van der Waals surface area contributed by atoms with E-state index in [1.807, 2.05) is 31.3 Å². The van der Waals surface area contributed by atoms with E-state index in [9.17, 15) is 9.90 Å². The van der Waals surface area contributed by atoms with E-state index in [1.165, 1.54) is 0 Å². The van der Waals surface area contributed by atoms with E-state index >= 15 is 0 Å². The summed E-state index contributed by atoms with van der Waals surface area (Å²) in [6.07, 6.45) is 1.41. The van der Waals surface area contributed by atoms with Crippen molar-refractivity contribution in [2.24, 2.45) is 0 Å². The molecule has 0 spiro atoms. The zero-order valence-electron chi connectivity index (χ0n) is 11.1. The van der Waals surface area contributed by atoms with E-state index < -0.39 is 0 Å². The minimum atomic E-state index is -0.271. The van der Waals surface area contributed by atoms with Crippen molar-refractivity contribution < 1.29 is 9.90 Å². The molecule has 1 saturated heterocycles. The number of aliphatic hydroxyl groups excluding tert-OH is 1. The Kier molecular flexibility index (Phi) is 4.82. The molecular formula is C14H19BrN2O2. The first kappa shape index (κ1) is 14.3. The van der Waals surface area contributed by atoms with Gasteiger partial charge in [0, 0.05) is 36.9 Å². The first-order valence-electron chi connectivity index (χ1n) is 6.51.